The van der Waals surface area contributed by atoms with Crippen LogP contribution >= 0.6 is 24.8 Å². The van der Waals surface area contributed by atoms with Crippen molar-refractivity contribution in [1.82, 2.24) is 9.97 Å². The minimum Gasteiger partial charge on any atom is -0.147 e. The van der Waals surface area contributed by atoms with Gasteiger partial charge in [0.25, 0.3) is 0 Å². The summed E-state index contributed by atoms with van der Waals surface area (Å²) in [5.74, 6) is 0. The third-order valence-corrected chi connectivity index (χ3v) is 28.4. The molecule has 0 spiro atoms. The van der Waals surface area contributed by atoms with Crippen LogP contribution < -0.4 is 0 Å². The van der Waals surface area contributed by atoms with Crippen molar-refractivity contribution < 1.29 is 17.4 Å². The number of hydrogen-bond acceptors (Lipinski definition) is 2. The van der Waals surface area contributed by atoms with Crippen molar-refractivity contribution in [2.24, 2.45) is 0 Å². The molecule has 0 saturated heterocycles. The molecular weight excluding hydrogens is 723 g/mol. The van der Waals surface area contributed by atoms with Gasteiger partial charge in [-0.05, 0) is 0 Å². The van der Waals surface area contributed by atoms with Gasteiger partial charge in [0, 0.05) is 0 Å². The first-order chi connectivity index (χ1) is 22.3. The molecule has 2 aliphatic rings. The Morgan fingerprint density at radius 2 is 0.917 bits per heavy atom. The fourth-order valence-corrected chi connectivity index (χ4v) is 29.2. The van der Waals surface area contributed by atoms with Gasteiger partial charge in [0.1, 0.15) is 0 Å². The van der Waals surface area contributed by atoms with E-state index in [1.807, 2.05) is 24.5 Å². The Bertz CT molecular complexity index is 2180. The molecule has 48 heavy (non-hydrogen) atoms. The Morgan fingerprint density at radius 3 is 1.33 bits per heavy atom. The molecule has 0 N–H and O–H groups in total. The van der Waals surface area contributed by atoms with Gasteiger partial charge in [-0.1, -0.05) is 0 Å². The van der Waals surface area contributed by atoms with Crippen molar-refractivity contribution in [1.29, 1.82) is 0 Å². The number of benzene rings is 4. The van der Waals surface area contributed by atoms with Crippen LogP contribution in [0.5, 0.6) is 0 Å². The Kier molecular flexibility index (Phi) is 9.37. The van der Waals surface area contributed by atoms with Crippen molar-refractivity contribution in [2.75, 3.05) is 0 Å². The van der Waals surface area contributed by atoms with Gasteiger partial charge in [0.05, 0.1) is 0 Å². The van der Waals surface area contributed by atoms with Crippen LogP contribution in [-0.4, -0.2) is 16.8 Å². The smallest absolute Gasteiger partial charge is 0.147 e. The van der Waals surface area contributed by atoms with Crippen LogP contribution in [0.2, 0.25) is 9.26 Å². The molecular formula is C42H42Cl2N2SiZr. The number of para-hydroxylation sites is 2. The maximum atomic E-state index is 4.85. The van der Waals surface area contributed by atoms with E-state index in [1.165, 1.54) is 55.3 Å². The summed E-state index contributed by atoms with van der Waals surface area (Å²) in [5, 5.41) is 2.38. The standard InChI is InChI=1S/2C20H16N.2CH3.2ClH.H2Si.Zr/c2*1-2-14-12-16-7-4-9-17(19(16)13-14)18-10-3-6-15-8-5-11-21-20(15)18;;;;;;/h2*3-13H,2H2,1H3;2*1H3;2*1H;1H2;. The minimum absolute atomic E-state index is 0. The van der Waals surface area contributed by atoms with Crippen molar-refractivity contribution in [2.45, 2.75) is 43.2 Å². The van der Waals surface area contributed by atoms with E-state index < -0.39 is 17.4 Å². The van der Waals surface area contributed by atoms with Gasteiger partial charge < -0.3 is 0 Å². The fraction of sp³-hybridized carbons (Fsp3) is 0.190. The summed E-state index contributed by atoms with van der Waals surface area (Å²) in [6.45, 7) is 7.17. The molecule has 2 nitrogen and oxygen atoms in total. The molecule has 6 heteroatoms. The average molecular weight is 765 g/mol. The molecule has 8 rings (SSSR count). The van der Waals surface area contributed by atoms with E-state index in [0.29, 0.717) is 7.25 Å². The first-order valence-electron chi connectivity index (χ1n) is 16.7. The molecule has 2 heterocycles. The van der Waals surface area contributed by atoms with Crippen molar-refractivity contribution in [3.05, 3.63) is 143 Å². The molecule has 6 aromatic rings. The van der Waals surface area contributed by atoms with Crippen LogP contribution in [0.4, 0.5) is 0 Å². The fourth-order valence-electron chi connectivity index (χ4n) is 9.06. The predicted molar refractivity (Wildman–Crippen MR) is 211 cm³/mol. The van der Waals surface area contributed by atoms with Crippen LogP contribution in [0.15, 0.2) is 121 Å². The monoisotopic (exact) mass is 762 g/mol. The molecule has 0 amide bonds. The van der Waals surface area contributed by atoms with Gasteiger partial charge in [-0.2, -0.15) is 0 Å². The topological polar surface area (TPSA) is 25.8 Å². The summed E-state index contributed by atoms with van der Waals surface area (Å²) in [5.41, 5.74) is 16.4. The SMILES string of the molecule is CCC1=Cc2c(-c3cccc4cccnc34)cccc2[CH]1[Zr]([CH3])([CH3])(=[SiH2])[CH]1C(CC)=Cc2c(-c3cccc4cccnc34)cccc21.Cl.Cl. The first kappa shape index (κ1) is 34.7. The number of halogens is 2. The quantitative estimate of drug-likeness (QED) is 0.158. The third kappa shape index (κ3) is 5.32. The van der Waals surface area contributed by atoms with Gasteiger partial charge >= 0.3 is 277 Å². The zero-order valence-corrected chi connectivity index (χ0v) is 33.5. The molecule has 2 atom stereocenters. The molecule has 4 aromatic carbocycles. The summed E-state index contributed by atoms with van der Waals surface area (Å²) >= 11 is -3.73. The summed E-state index contributed by atoms with van der Waals surface area (Å²) < 4.78 is 6.47. The van der Waals surface area contributed by atoms with Crippen molar-refractivity contribution in [3.8, 4) is 22.3 Å². The number of hydrogen-bond donors (Lipinski definition) is 0. The Balaban J connectivity index is 0.00000201. The molecule has 0 aliphatic heterocycles. The molecule has 2 unspecified atom stereocenters. The average Bonchev–Trinajstić information content (AvgIpc) is 3.68. The van der Waals surface area contributed by atoms with E-state index in [9.17, 15) is 0 Å². The Labute approximate surface area is 299 Å². The number of fused-ring (bicyclic) bond motifs is 4. The van der Waals surface area contributed by atoms with Gasteiger partial charge in [-0.25, -0.2) is 0 Å². The largest absolute Gasteiger partial charge is 0.147 e. The van der Waals surface area contributed by atoms with Crippen LogP contribution in [0.3, 0.4) is 0 Å². The zero-order chi connectivity index (χ0) is 31.7. The summed E-state index contributed by atoms with van der Waals surface area (Å²) in [6.07, 6.45) is 11.1. The van der Waals surface area contributed by atoms with Crippen molar-refractivity contribution >= 4 is 65.7 Å². The zero-order valence-electron chi connectivity index (χ0n) is 28.0. The van der Waals surface area contributed by atoms with Crippen molar-refractivity contribution in [3.63, 3.8) is 0 Å². The van der Waals surface area contributed by atoms with Crippen LogP contribution in [0.25, 0.3) is 56.2 Å². The molecule has 0 saturated carbocycles. The van der Waals surface area contributed by atoms with Gasteiger partial charge in [0.15, 0.2) is 0 Å². The second-order valence-corrected chi connectivity index (χ2v) is 44.8. The Hall–Kier alpha value is -3.14. The van der Waals surface area contributed by atoms with E-state index in [2.05, 4.69) is 127 Å². The molecule has 0 fully saturated rings. The van der Waals surface area contributed by atoms with E-state index in [-0.39, 0.29) is 24.8 Å². The second-order valence-electron chi connectivity index (χ2n) is 14.3. The predicted octanol–water partition coefficient (Wildman–Crippen LogP) is 11.7. The normalized spacial score (nSPS) is 16.9. The van der Waals surface area contributed by atoms with Gasteiger partial charge in [-0.15, -0.1) is 24.8 Å². The van der Waals surface area contributed by atoms with E-state index in [0.717, 1.165) is 23.9 Å². The molecule has 0 radical (unpaired) electrons. The number of pyridine rings is 2. The van der Waals surface area contributed by atoms with E-state index >= 15 is 0 Å². The summed E-state index contributed by atoms with van der Waals surface area (Å²) in [4.78, 5) is 9.69. The maximum Gasteiger partial charge on any atom is -0.147 e. The Morgan fingerprint density at radius 1 is 0.542 bits per heavy atom. The van der Waals surface area contributed by atoms with Crippen LogP contribution in [0, 0.1) is 0 Å². The van der Waals surface area contributed by atoms with E-state index in [1.54, 1.807) is 11.1 Å². The molecule has 2 aromatic heterocycles. The molecule has 0 bridgehead atoms. The maximum absolute atomic E-state index is 4.85. The van der Waals surface area contributed by atoms with Crippen LogP contribution in [0.1, 0.15) is 56.2 Å². The first-order valence-corrected chi connectivity index (χ1v) is 30.4. The number of rotatable bonds is 6. The van der Waals surface area contributed by atoms with Crippen LogP contribution in [-0.2, 0) is 17.4 Å². The molecule has 242 valence electrons. The number of nitrogens with zero attached hydrogens (tertiary/aromatic N) is 2. The second kappa shape index (κ2) is 13.0. The summed E-state index contributed by atoms with van der Waals surface area (Å²) in [6, 6.07) is 35.7. The van der Waals surface area contributed by atoms with Gasteiger partial charge in [0.2, 0.25) is 0 Å². The van der Waals surface area contributed by atoms with E-state index in [4.69, 9.17) is 9.97 Å². The summed E-state index contributed by atoms with van der Waals surface area (Å²) in [7, 11) is 0. The number of aromatic nitrogens is 2. The minimum atomic E-state index is -3.73. The number of allylic oxidation sites excluding steroid dienone is 2. The molecule has 2 aliphatic carbocycles. The third-order valence-electron chi connectivity index (χ3n) is 10.9. The van der Waals surface area contributed by atoms with Gasteiger partial charge in [-0.3, -0.25) is 0 Å².